The van der Waals surface area contributed by atoms with Crippen molar-refractivity contribution in [1.82, 2.24) is 5.43 Å². The normalized spacial score (nSPS) is 11.2. The molecule has 3 aromatic carbocycles. The third-order valence-corrected chi connectivity index (χ3v) is 5.68. The third kappa shape index (κ3) is 8.71. The lowest BCUT2D eigenvalue weighted by molar-refractivity contribution is -0.137. The van der Waals surface area contributed by atoms with Gasteiger partial charge in [-0.15, -0.1) is 0 Å². The number of nitrogens with zero attached hydrogens (tertiary/aromatic N) is 1. The molecule has 9 nitrogen and oxygen atoms in total. The fraction of sp³-hybridized carbons (Fsp3) is 0.154. The van der Waals surface area contributed by atoms with Crippen LogP contribution in [0.3, 0.4) is 0 Å². The molecule has 0 fully saturated rings. The largest absolute Gasteiger partial charge is 0.490 e. The molecule has 0 aliphatic heterocycles. The van der Waals surface area contributed by atoms with Crippen molar-refractivity contribution in [2.45, 2.75) is 13.1 Å². The number of nitrogens with one attached hydrogen (secondary N) is 3. The molecule has 0 saturated carbocycles. The van der Waals surface area contributed by atoms with Crippen molar-refractivity contribution in [2.24, 2.45) is 5.10 Å². The number of anilines is 2. The average Bonchev–Trinajstić information content (AvgIpc) is 2.88. The van der Waals surface area contributed by atoms with Crippen LogP contribution in [0, 0.1) is 0 Å². The van der Waals surface area contributed by atoms with E-state index >= 15 is 0 Å². The van der Waals surface area contributed by atoms with Gasteiger partial charge in [-0.25, -0.2) is 5.43 Å². The summed E-state index contributed by atoms with van der Waals surface area (Å²) in [6, 6.07) is 13.8. The highest BCUT2D eigenvalue weighted by atomic mass is 79.9. The molecule has 0 unspecified atom stereocenters. The number of halogens is 5. The van der Waals surface area contributed by atoms with Gasteiger partial charge >= 0.3 is 18.0 Å². The predicted molar refractivity (Wildman–Crippen MR) is 147 cm³/mol. The second-order valence-electron chi connectivity index (χ2n) is 7.81. The maximum Gasteiger partial charge on any atom is 0.418 e. The maximum absolute atomic E-state index is 13.2. The smallest absolute Gasteiger partial charge is 0.418 e. The molecule has 0 aromatic heterocycles. The molecule has 3 amide bonds. The zero-order valence-electron chi connectivity index (χ0n) is 20.6. The number of hydrazone groups is 1. The van der Waals surface area contributed by atoms with E-state index in [0.29, 0.717) is 20.7 Å². The molecule has 0 aliphatic carbocycles. The number of carbonyl (C=O) groups is 3. The van der Waals surface area contributed by atoms with E-state index < -0.39 is 41.8 Å². The van der Waals surface area contributed by atoms with E-state index in [1.165, 1.54) is 36.5 Å². The van der Waals surface area contributed by atoms with E-state index in [-0.39, 0.29) is 18.1 Å². The minimum Gasteiger partial charge on any atom is -0.490 e. The molecule has 3 N–H and O–H groups in total. The Kier molecular flexibility index (Phi) is 10.5. The predicted octanol–water partition coefficient (Wildman–Crippen LogP) is 5.63. The van der Waals surface area contributed by atoms with Crippen LogP contribution in [0.4, 0.5) is 24.5 Å². The van der Waals surface area contributed by atoms with Crippen molar-refractivity contribution < 1.29 is 37.0 Å². The van der Waals surface area contributed by atoms with Gasteiger partial charge in [0.15, 0.2) is 18.1 Å². The van der Waals surface area contributed by atoms with Crippen LogP contribution in [0.25, 0.3) is 0 Å². The molecule has 40 heavy (non-hydrogen) atoms. The fourth-order valence-electron chi connectivity index (χ4n) is 3.20. The number of rotatable bonds is 9. The zero-order chi connectivity index (χ0) is 29.3. The molecule has 0 heterocycles. The third-order valence-electron chi connectivity index (χ3n) is 4.85. The van der Waals surface area contributed by atoms with Gasteiger partial charge in [0.25, 0.3) is 5.91 Å². The van der Waals surface area contributed by atoms with Gasteiger partial charge in [0, 0.05) is 10.7 Å². The van der Waals surface area contributed by atoms with Gasteiger partial charge in [0.2, 0.25) is 0 Å². The zero-order valence-corrected chi connectivity index (χ0v) is 23.0. The van der Waals surface area contributed by atoms with Gasteiger partial charge in [0.1, 0.15) is 0 Å². The number of hydrogen-bond acceptors (Lipinski definition) is 6. The Morgan fingerprint density at radius 1 is 1.00 bits per heavy atom. The highest BCUT2D eigenvalue weighted by molar-refractivity contribution is 9.10. The lowest BCUT2D eigenvalue weighted by atomic mass is 10.1. The molecule has 210 valence electrons. The van der Waals surface area contributed by atoms with Crippen LogP contribution >= 0.6 is 27.5 Å². The highest BCUT2D eigenvalue weighted by Gasteiger charge is 2.33. The Balaban J connectivity index is 1.64. The van der Waals surface area contributed by atoms with E-state index in [0.717, 1.165) is 12.1 Å². The van der Waals surface area contributed by atoms with Crippen molar-refractivity contribution in [3.8, 4) is 11.5 Å². The van der Waals surface area contributed by atoms with Crippen LogP contribution in [0.1, 0.15) is 18.1 Å². The first-order valence-corrected chi connectivity index (χ1v) is 12.6. The Labute approximate surface area is 239 Å². The van der Waals surface area contributed by atoms with E-state index in [1.807, 2.05) is 0 Å². The Bertz CT molecular complexity index is 1440. The molecule has 0 aliphatic rings. The van der Waals surface area contributed by atoms with E-state index in [9.17, 15) is 27.6 Å². The number of benzene rings is 3. The number of amides is 3. The summed E-state index contributed by atoms with van der Waals surface area (Å²) < 4.78 is 51.0. The molecule has 0 spiro atoms. The molecular formula is C26H21BrClF3N4O5. The highest BCUT2D eigenvalue weighted by Crippen LogP contribution is 2.37. The van der Waals surface area contributed by atoms with E-state index in [2.05, 4.69) is 37.1 Å². The minimum absolute atomic E-state index is 0.114. The van der Waals surface area contributed by atoms with Crippen LogP contribution in [0.15, 0.2) is 70.2 Å². The summed E-state index contributed by atoms with van der Waals surface area (Å²) in [4.78, 5) is 36.4. The maximum atomic E-state index is 13.2. The SMILES string of the molecule is CCOc1cc(/C=N\NC(=O)C(=O)Nc2cccc(Cl)c2)cc(Br)c1OCC(=O)Nc1ccccc1C(F)(F)F. The van der Waals surface area contributed by atoms with Gasteiger partial charge in [-0.05, 0) is 70.9 Å². The summed E-state index contributed by atoms with van der Waals surface area (Å²) >= 11 is 9.15. The van der Waals surface area contributed by atoms with E-state index in [1.54, 1.807) is 25.1 Å². The molecular weight excluding hydrogens is 621 g/mol. The number of hydrogen-bond donors (Lipinski definition) is 3. The number of ether oxygens (including phenoxy) is 2. The van der Waals surface area contributed by atoms with Crippen LogP contribution in [-0.2, 0) is 20.6 Å². The molecule has 0 radical (unpaired) electrons. The second kappa shape index (κ2) is 13.8. The second-order valence-corrected chi connectivity index (χ2v) is 9.10. The average molecular weight is 642 g/mol. The summed E-state index contributed by atoms with van der Waals surface area (Å²) in [5.74, 6) is -2.51. The molecule has 14 heteroatoms. The monoisotopic (exact) mass is 640 g/mol. The molecule has 0 atom stereocenters. The first kappa shape index (κ1) is 30.4. The van der Waals surface area contributed by atoms with Crippen LogP contribution in [0.2, 0.25) is 5.02 Å². The lowest BCUT2D eigenvalue weighted by Gasteiger charge is -2.16. The Hall–Kier alpha value is -4.10. The Morgan fingerprint density at radius 3 is 2.45 bits per heavy atom. The summed E-state index contributed by atoms with van der Waals surface area (Å²) in [6.45, 7) is 1.31. The van der Waals surface area contributed by atoms with Crippen LogP contribution < -0.4 is 25.5 Å². The van der Waals surface area contributed by atoms with Crippen LogP contribution in [0.5, 0.6) is 11.5 Å². The summed E-state index contributed by atoms with van der Waals surface area (Å²) in [7, 11) is 0. The molecule has 0 bridgehead atoms. The van der Waals surface area contributed by atoms with Crippen molar-refractivity contribution in [3.63, 3.8) is 0 Å². The van der Waals surface area contributed by atoms with Gasteiger partial charge in [-0.1, -0.05) is 29.8 Å². The van der Waals surface area contributed by atoms with E-state index in [4.69, 9.17) is 21.1 Å². The van der Waals surface area contributed by atoms with Crippen molar-refractivity contribution in [3.05, 3.63) is 81.3 Å². The van der Waals surface area contributed by atoms with Crippen molar-refractivity contribution in [2.75, 3.05) is 23.8 Å². The van der Waals surface area contributed by atoms with Crippen LogP contribution in [-0.4, -0.2) is 37.1 Å². The van der Waals surface area contributed by atoms with Crippen molar-refractivity contribution >= 4 is 62.8 Å². The van der Waals surface area contributed by atoms with Crippen molar-refractivity contribution in [1.29, 1.82) is 0 Å². The molecule has 3 rings (SSSR count). The summed E-state index contributed by atoms with van der Waals surface area (Å²) in [5.41, 5.74) is 1.45. The quantitative estimate of drug-likeness (QED) is 0.159. The standard InChI is InChI=1S/C26H21BrClF3N4O5/c1-2-39-21-11-15(13-32-35-25(38)24(37)33-17-7-5-6-16(28)12-17)10-19(27)23(21)40-14-22(36)34-20-9-4-3-8-18(20)26(29,30)31/h3-13H,2,14H2,1H3,(H,33,37)(H,34,36)(H,35,38)/b32-13-. The molecule has 0 saturated heterocycles. The minimum atomic E-state index is -4.65. The molecule has 3 aromatic rings. The first-order chi connectivity index (χ1) is 19.0. The van der Waals surface area contributed by atoms with Gasteiger partial charge < -0.3 is 20.1 Å². The number of para-hydroxylation sites is 1. The number of alkyl halides is 3. The number of carbonyl (C=O) groups excluding carboxylic acids is 3. The van der Waals surface area contributed by atoms with Gasteiger partial charge in [-0.2, -0.15) is 18.3 Å². The van der Waals surface area contributed by atoms with Gasteiger partial charge in [-0.3, -0.25) is 14.4 Å². The summed E-state index contributed by atoms with van der Waals surface area (Å²) in [6.07, 6.45) is -3.41. The fourth-order valence-corrected chi connectivity index (χ4v) is 3.96. The first-order valence-electron chi connectivity index (χ1n) is 11.4. The van der Waals surface area contributed by atoms with Gasteiger partial charge in [0.05, 0.1) is 28.5 Å². The Morgan fingerprint density at radius 2 is 1.75 bits per heavy atom. The topological polar surface area (TPSA) is 118 Å². The summed E-state index contributed by atoms with van der Waals surface area (Å²) in [5, 5.41) is 8.71. The lowest BCUT2D eigenvalue weighted by Crippen LogP contribution is -2.32.